The quantitative estimate of drug-likeness (QED) is 0.473. The number of fused-ring (bicyclic) bond motifs is 1. The van der Waals surface area contributed by atoms with Gasteiger partial charge in [0.1, 0.15) is 23.3 Å². The minimum atomic E-state index is -0.381. The highest BCUT2D eigenvalue weighted by Gasteiger charge is 2.28. The van der Waals surface area contributed by atoms with Gasteiger partial charge in [-0.05, 0) is 67.5 Å². The summed E-state index contributed by atoms with van der Waals surface area (Å²) in [5.41, 5.74) is 4.06. The molecule has 0 atom stereocenters. The molecule has 2 aromatic heterocycles. The number of piperazine rings is 1. The summed E-state index contributed by atoms with van der Waals surface area (Å²) >= 11 is 0. The molecule has 1 N–H and O–H groups in total. The molecule has 7 rings (SSSR count). The van der Waals surface area contributed by atoms with Crippen molar-refractivity contribution in [2.75, 3.05) is 47.8 Å². The van der Waals surface area contributed by atoms with Crippen LogP contribution in [0.5, 0.6) is 11.8 Å². The highest BCUT2D eigenvalue weighted by molar-refractivity contribution is 6.05. The third-order valence-electron chi connectivity index (χ3n) is 7.68. The number of aromatic nitrogens is 3. The summed E-state index contributed by atoms with van der Waals surface area (Å²) in [6.45, 7) is 5.88. The Hall–Kier alpha value is -4.27. The summed E-state index contributed by atoms with van der Waals surface area (Å²) in [7, 11) is 0. The van der Waals surface area contributed by atoms with Crippen LogP contribution in [0.2, 0.25) is 0 Å². The summed E-state index contributed by atoms with van der Waals surface area (Å²) in [5, 5.41) is 3.35. The molecule has 9 heteroatoms. The van der Waals surface area contributed by atoms with Crippen molar-refractivity contribution in [1.82, 2.24) is 15.0 Å². The first-order chi connectivity index (χ1) is 19.1. The molecular weight excluding hydrogens is 493 g/mol. The number of nitrogens with one attached hydrogen (secondary N) is 1. The van der Waals surface area contributed by atoms with Crippen molar-refractivity contribution in [2.24, 2.45) is 10.9 Å². The van der Waals surface area contributed by atoms with Gasteiger partial charge < -0.3 is 19.9 Å². The Kier molecular flexibility index (Phi) is 5.98. The molecule has 198 valence electrons. The number of rotatable bonds is 6. The van der Waals surface area contributed by atoms with E-state index < -0.39 is 0 Å². The Bertz CT molecular complexity index is 1510. The number of hydrogen-bond donors (Lipinski definition) is 1. The van der Waals surface area contributed by atoms with E-state index >= 15 is 4.39 Å². The molecule has 0 spiro atoms. The molecule has 2 aliphatic heterocycles. The lowest BCUT2D eigenvalue weighted by molar-refractivity contribution is 0.410. The van der Waals surface area contributed by atoms with Gasteiger partial charge in [-0.25, -0.2) is 9.37 Å². The fraction of sp³-hybridized carbons (Fsp3) is 0.333. The SMILES string of the molecule is CC1=Cc2c(ccc(Oc3nc(NC4=NCC(C5CC5)=C4)cc(N4CCN(c5ccccn5)CC4)n3)c2F)C1. The number of ether oxygens (including phenoxy) is 1. The van der Waals surface area contributed by atoms with Crippen LogP contribution in [0.1, 0.15) is 30.9 Å². The van der Waals surface area contributed by atoms with E-state index in [9.17, 15) is 0 Å². The third kappa shape index (κ3) is 4.96. The van der Waals surface area contributed by atoms with Gasteiger partial charge in [-0.1, -0.05) is 23.8 Å². The topological polar surface area (TPSA) is 78.8 Å². The predicted octanol–water partition coefficient (Wildman–Crippen LogP) is 5.25. The van der Waals surface area contributed by atoms with Gasteiger partial charge in [0, 0.05) is 44.0 Å². The minimum absolute atomic E-state index is 0.102. The number of pyridine rings is 1. The molecule has 8 nitrogen and oxygen atoms in total. The molecule has 4 heterocycles. The van der Waals surface area contributed by atoms with Crippen molar-refractivity contribution in [2.45, 2.75) is 26.2 Å². The largest absolute Gasteiger partial charge is 0.421 e. The monoisotopic (exact) mass is 523 g/mol. The van der Waals surface area contributed by atoms with Crippen LogP contribution in [0.15, 0.2) is 64.8 Å². The number of hydrogen-bond acceptors (Lipinski definition) is 8. The average molecular weight is 524 g/mol. The highest BCUT2D eigenvalue weighted by atomic mass is 19.1. The fourth-order valence-corrected chi connectivity index (χ4v) is 5.44. The van der Waals surface area contributed by atoms with Gasteiger partial charge in [0.25, 0.3) is 0 Å². The van der Waals surface area contributed by atoms with E-state index in [-0.39, 0.29) is 17.6 Å². The zero-order chi connectivity index (χ0) is 26.3. The zero-order valence-electron chi connectivity index (χ0n) is 21.9. The van der Waals surface area contributed by atoms with Crippen LogP contribution >= 0.6 is 0 Å². The summed E-state index contributed by atoms with van der Waals surface area (Å²) in [4.78, 5) is 22.9. The van der Waals surface area contributed by atoms with Gasteiger partial charge in [0.05, 0.1) is 6.54 Å². The summed E-state index contributed by atoms with van der Waals surface area (Å²) in [5.74, 6) is 3.48. The van der Waals surface area contributed by atoms with Crippen molar-refractivity contribution in [3.05, 3.63) is 76.8 Å². The Morgan fingerprint density at radius 3 is 2.56 bits per heavy atom. The van der Waals surface area contributed by atoms with Gasteiger partial charge in [0.15, 0.2) is 11.6 Å². The number of halogens is 1. The van der Waals surface area contributed by atoms with Crippen molar-refractivity contribution in [3.8, 4) is 11.8 Å². The smallest absolute Gasteiger partial charge is 0.326 e. The van der Waals surface area contributed by atoms with Gasteiger partial charge in [-0.15, -0.1) is 0 Å². The van der Waals surface area contributed by atoms with Gasteiger partial charge >= 0.3 is 6.01 Å². The maximum Gasteiger partial charge on any atom is 0.326 e. The van der Waals surface area contributed by atoms with E-state index in [1.54, 1.807) is 6.07 Å². The van der Waals surface area contributed by atoms with E-state index in [0.29, 0.717) is 17.3 Å². The fourth-order valence-electron chi connectivity index (χ4n) is 5.44. The molecule has 2 aliphatic carbocycles. The second kappa shape index (κ2) is 9.80. The van der Waals surface area contributed by atoms with Crippen LogP contribution < -0.4 is 19.9 Å². The Morgan fingerprint density at radius 2 is 1.79 bits per heavy atom. The number of anilines is 3. The van der Waals surface area contributed by atoms with Crippen molar-refractivity contribution in [1.29, 1.82) is 0 Å². The molecule has 2 fully saturated rings. The zero-order valence-corrected chi connectivity index (χ0v) is 21.9. The van der Waals surface area contributed by atoms with Crippen molar-refractivity contribution < 1.29 is 9.13 Å². The number of aliphatic imine (C=N–C) groups is 1. The third-order valence-corrected chi connectivity index (χ3v) is 7.68. The predicted molar refractivity (Wildman–Crippen MR) is 151 cm³/mol. The lowest BCUT2D eigenvalue weighted by Gasteiger charge is -2.36. The van der Waals surface area contributed by atoms with Crippen LogP contribution in [0.4, 0.5) is 21.8 Å². The van der Waals surface area contributed by atoms with E-state index in [4.69, 9.17) is 9.72 Å². The molecule has 0 unspecified atom stereocenters. The van der Waals surface area contributed by atoms with Crippen LogP contribution in [-0.4, -0.2) is 53.5 Å². The van der Waals surface area contributed by atoms with Crippen LogP contribution in [0, 0.1) is 11.7 Å². The molecule has 1 saturated heterocycles. The van der Waals surface area contributed by atoms with Gasteiger partial charge in [-0.2, -0.15) is 9.97 Å². The summed E-state index contributed by atoms with van der Waals surface area (Å²) < 4.78 is 21.4. The van der Waals surface area contributed by atoms with Gasteiger partial charge in [-0.3, -0.25) is 4.99 Å². The standard InChI is InChI=1S/C30H30FN7O/c1-19-14-21-7-8-24(29(31)23(21)15-19)39-30-35-26(34-25-16-22(18-33-25)20-5-6-20)17-28(36-30)38-12-10-37(11-13-38)27-4-2-3-9-32-27/h2-4,7-9,15-17,20H,5-6,10-14,18H2,1H3,(H,33,34,35,36). The first-order valence-corrected chi connectivity index (χ1v) is 13.6. The number of amidine groups is 1. The average Bonchev–Trinajstić information content (AvgIpc) is 3.58. The lowest BCUT2D eigenvalue weighted by Crippen LogP contribution is -2.47. The van der Waals surface area contributed by atoms with Crippen LogP contribution in [0.3, 0.4) is 0 Å². The van der Waals surface area contributed by atoms with Crippen LogP contribution in [0.25, 0.3) is 6.08 Å². The normalized spacial score (nSPS) is 18.5. The maximum absolute atomic E-state index is 15.4. The second-order valence-electron chi connectivity index (χ2n) is 10.6. The molecule has 4 aliphatic rings. The molecule has 0 bridgehead atoms. The Labute approximate surface area is 227 Å². The van der Waals surface area contributed by atoms with E-state index in [0.717, 1.165) is 67.8 Å². The molecule has 1 aromatic carbocycles. The highest BCUT2D eigenvalue weighted by Crippen LogP contribution is 2.38. The summed E-state index contributed by atoms with van der Waals surface area (Å²) in [6, 6.07) is 11.6. The first kappa shape index (κ1) is 23.8. The molecule has 0 radical (unpaired) electrons. The van der Waals surface area contributed by atoms with Crippen molar-refractivity contribution in [3.63, 3.8) is 0 Å². The summed E-state index contributed by atoms with van der Waals surface area (Å²) in [6.07, 6.45) is 9.07. The molecule has 3 aromatic rings. The van der Waals surface area contributed by atoms with E-state index in [2.05, 4.69) is 36.2 Å². The number of allylic oxidation sites excluding steroid dienone is 1. The molecule has 39 heavy (non-hydrogen) atoms. The molecule has 0 amide bonds. The molecular formula is C30H30FN7O. The maximum atomic E-state index is 15.4. The van der Waals surface area contributed by atoms with Crippen LogP contribution in [-0.2, 0) is 6.42 Å². The number of nitrogens with zero attached hydrogens (tertiary/aromatic N) is 6. The number of benzene rings is 1. The van der Waals surface area contributed by atoms with E-state index in [1.165, 1.54) is 18.4 Å². The first-order valence-electron chi connectivity index (χ1n) is 13.6. The second-order valence-corrected chi connectivity index (χ2v) is 10.6. The molecule has 1 saturated carbocycles. The van der Waals surface area contributed by atoms with Crippen molar-refractivity contribution >= 4 is 29.4 Å². The lowest BCUT2D eigenvalue weighted by atomic mass is 10.1. The minimum Gasteiger partial charge on any atom is -0.421 e. The Balaban J connectivity index is 1.16. The van der Waals surface area contributed by atoms with Gasteiger partial charge in [0.2, 0.25) is 0 Å². The Morgan fingerprint density at radius 1 is 0.974 bits per heavy atom. The van der Waals surface area contributed by atoms with E-state index in [1.807, 2.05) is 49.5 Å².